The second-order valence-corrected chi connectivity index (χ2v) is 12.8. The highest BCUT2D eigenvalue weighted by molar-refractivity contribution is 9.10. The molecule has 1 saturated heterocycles. The smallest absolute Gasteiger partial charge is 0.256 e. The maximum absolute atomic E-state index is 14.3. The lowest BCUT2D eigenvalue weighted by Gasteiger charge is -2.27. The number of aromatic nitrogens is 3. The summed E-state index contributed by atoms with van der Waals surface area (Å²) in [5, 5.41) is 2.94. The number of ether oxygens (including phenoxy) is 1. The number of aryl methyl sites for hydroxylation is 1. The maximum Gasteiger partial charge on any atom is 0.256 e. The molecule has 5 aromatic rings. The molecule has 1 aliphatic rings. The minimum absolute atomic E-state index is 0.0695. The molecule has 6 rings (SSSR count). The number of halogens is 1. The van der Waals surface area contributed by atoms with Gasteiger partial charge in [0.25, 0.3) is 5.91 Å². The monoisotopic (exact) mass is 633 g/mol. The number of carbonyl (C=O) groups is 1. The number of benzene rings is 3. The van der Waals surface area contributed by atoms with Crippen LogP contribution in [-0.2, 0) is 21.1 Å². The van der Waals surface area contributed by atoms with Crippen LogP contribution < -0.4 is 5.32 Å². The normalized spacial score (nSPS) is 14.5. The number of nitrogens with zero attached hydrogens (tertiary/aromatic N) is 4. The van der Waals surface area contributed by atoms with Gasteiger partial charge in [0.05, 0.1) is 29.1 Å². The maximum atomic E-state index is 14.3. The fraction of sp³-hybridized carbons (Fsp3) is 0.233. The topological polar surface area (TPSA) is 106 Å². The quantitative estimate of drug-likeness (QED) is 0.267. The van der Waals surface area contributed by atoms with Gasteiger partial charge in [0.1, 0.15) is 16.2 Å². The van der Waals surface area contributed by atoms with Crippen molar-refractivity contribution >= 4 is 59.7 Å². The summed E-state index contributed by atoms with van der Waals surface area (Å²) in [6.45, 7) is 5.71. The molecule has 0 aliphatic carbocycles. The van der Waals surface area contributed by atoms with Gasteiger partial charge in [-0.25, -0.2) is 18.4 Å². The van der Waals surface area contributed by atoms with E-state index in [4.69, 9.17) is 14.7 Å². The molecule has 0 saturated carbocycles. The van der Waals surface area contributed by atoms with Crippen molar-refractivity contribution in [2.24, 2.45) is 0 Å². The molecule has 0 bridgehead atoms. The Balaban J connectivity index is 1.58. The molecule has 3 heterocycles. The summed E-state index contributed by atoms with van der Waals surface area (Å²) >= 11 is 3.42. The molecule has 0 spiro atoms. The predicted octanol–water partition coefficient (Wildman–Crippen LogP) is 5.07. The van der Waals surface area contributed by atoms with Crippen molar-refractivity contribution in [3.8, 4) is 0 Å². The summed E-state index contributed by atoms with van der Waals surface area (Å²) in [5.41, 5.74) is 3.13. The van der Waals surface area contributed by atoms with Gasteiger partial charge in [0, 0.05) is 36.2 Å². The number of morpholine rings is 1. The van der Waals surface area contributed by atoms with Gasteiger partial charge in [0.15, 0.2) is 5.65 Å². The van der Waals surface area contributed by atoms with Crippen molar-refractivity contribution in [2.45, 2.75) is 23.3 Å². The van der Waals surface area contributed by atoms with Crippen molar-refractivity contribution in [3.63, 3.8) is 0 Å². The number of para-hydroxylation sites is 2. The molecular weight excluding hydrogens is 606 g/mol. The highest BCUT2D eigenvalue weighted by Crippen LogP contribution is 2.37. The summed E-state index contributed by atoms with van der Waals surface area (Å²) < 4.78 is 36.7. The van der Waals surface area contributed by atoms with Gasteiger partial charge in [-0.15, -0.1) is 0 Å². The van der Waals surface area contributed by atoms with Gasteiger partial charge in [-0.05, 0) is 49.4 Å². The Kier molecular flexibility index (Phi) is 7.60. The van der Waals surface area contributed by atoms with Crippen LogP contribution in [0.2, 0.25) is 0 Å². The molecule has 9 nitrogen and oxygen atoms in total. The van der Waals surface area contributed by atoms with Crippen LogP contribution in [0, 0.1) is 6.92 Å². The Hall–Kier alpha value is -3.64. The minimum Gasteiger partial charge on any atom is -0.379 e. The highest BCUT2D eigenvalue weighted by atomic mass is 79.9. The third kappa shape index (κ3) is 5.50. The summed E-state index contributed by atoms with van der Waals surface area (Å²) in [6, 6.07) is 21.0. The summed E-state index contributed by atoms with van der Waals surface area (Å²) in [7, 11) is -4.12. The molecule has 3 aromatic carbocycles. The minimum atomic E-state index is -4.12. The average Bonchev–Trinajstić information content (AvgIpc) is 3.27. The van der Waals surface area contributed by atoms with Crippen molar-refractivity contribution < 1.29 is 17.9 Å². The third-order valence-corrected chi connectivity index (χ3v) is 9.48. The van der Waals surface area contributed by atoms with Crippen molar-refractivity contribution in [3.05, 3.63) is 88.4 Å². The first kappa shape index (κ1) is 27.5. The van der Waals surface area contributed by atoms with E-state index in [1.807, 2.05) is 31.2 Å². The van der Waals surface area contributed by atoms with E-state index >= 15 is 0 Å². The second-order valence-electron chi connectivity index (χ2n) is 9.95. The number of rotatable bonds is 7. The largest absolute Gasteiger partial charge is 0.379 e. The van der Waals surface area contributed by atoms with Crippen LogP contribution in [0.1, 0.15) is 15.9 Å². The van der Waals surface area contributed by atoms with Crippen LogP contribution >= 0.6 is 15.9 Å². The SMILES string of the molecule is Cc1ccc(S(=O)(=O)c2c(NC(=O)c3cccc(Br)c3)n(CCN3CCOCC3)c3nc4ccccc4nc23)cc1. The number of hydrogen-bond acceptors (Lipinski definition) is 7. The zero-order chi connectivity index (χ0) is 28.6. The van der Waals surface area contributed by atoms with Crippen molar-refractivity contribution in [1.82, 2.24) is 19.4 Å². The Morgan fingerprint density at radius 1 is 0.951 bits per heavy atom. The second kappa shape index (κ2) is 11.3. The molecule has 0 atom stereocenters. The lowest BCUT2D eigenvalue weighted by Crippen LogP contribution is -2.38. The molecule has 0 radical (unpaired) electrons. The van der Waals surface area contributed by atoms with E-state index in [9.17, 15) is 13.2 Å². The first-order valence-electron chi connectivity index (χ1n) is 13.3. The van der Waals surface area contributed by atoms with Gasteiger partial charge in [-0.2, -0.15) is 0 Å². The average molecular weight is 635 g/mol. The number of anilines is 1. The van der Waals surface area contributed by atoms with Gasteiger partial charge >= 0.3 is 0 Å². The molecule has 41 heavy (non-hydrogen) atoms. The van der Waals surface area contributed by atoms with E-state index in [-0.39, 0.29) is 21.1 Å². The van der Waals surface area contributed by atoms with Gasteiger partial charge in [-0.3, -0.25) is 9.69 Å². The molecule has 210 valence electrons. The lowest BCUT2D eigenvalue weighted by molar-refractivity contribution is 0.0366. The van der Waals surface area contributed by atoms with Crippen molar-refractivity contribution in [2.75, 3.05) is 38.2 Å². The molecule has 2 aromatic heterocycles. The van der Waals surface area contributed by atoms with E-state index in [2.05, 4.69) is 26.1 Å². The number of fused-ring (bicyclic) bond motifs is 2. The summed E-state index contributed by atoms with van der Waals surface area (Å²) in [5.74, 6) is -0.291. The fourth-order valence-electron chi connectivity index (χ4n) is 4.98. The van der Waals surface area contributed by atoms with Crippen LogP contribution in [0.5, 0.6) is 0 Å². The Bertz CT molecular complexity index is 1870. The standard InChI is InChI=1S/C30H28BrN5O4S/c1-20-9-11-23(12-10-20)41(38,39)27-26-28(33-25-8-3-2-7-24(25)32-26)36(14-13-35-15-17-40-18-16-35)29(27)34-30(37)21-5-4-6-22(31)19-21/h2-12,19H,13-18H2,1H3,(H,34,37). The third-order valence-electron chi connectivity index (χ3n) is 7.17. The molecule has 1 fully saturated rings. The number of sulfone groups is 1. The number of carbonyl (C=O) groups excluding carboxylic acids is 1. The highest BCUT2D eigenvalue weighted by Gasteiger charge is 2.32. The first-order chi connectivity index (χ1) is 19.8. The van der Waals surface area contributed by atoms with Crippen LogP contribution in [0.3, 0.4) is 0 Å². The predicted molar refractivity (Wildman–Crippen MR) is 161 cm³/mol. The van der Waals surface area contributed by atoms with E-state index < -0.39 is 15.7 Å². The number of hydrogen-bond donors (Lipinski definition) is 1. The first-order valence-corrected chi connectivity index (χ1v) is 15.6. The summed E-state index contributed by atoms with van der Waals surface area (Å²) in [6.07, 6.45) is 0. The fourth-order valence-corrected chi connectivity index (χ4v) is 6.92. The van der Waals surface area contributed by atoms with E-state index in [0.29, 0.717) is 48.5 Å². The zero-order valence-corrected chi connectivity index (χ0v) is 24.8. The Morgan fingerprint density at radius 2 is 1.66 bits per heavy atom. The van der Waals surface area contributed by atoms with Gasteiger partial charge < -0.3 is 14.6 Å². The molecule has 11 heteroatoms. The summed E-state index contributed by atoms with van der Waals surface area (Å²) in [4.78, 5) is 25.6. The Morgan fingerprint density at radius 3 is 2.37 bits per heavy atom. The van der Waals surface area contributed by atoms with Crippen LogP contribution in [-0.4, -0.2) is 66.6 Å². The van der Waals surface area contributed by atoms with Gasteiger partial charge in [-0.1, -0.05) is 51.8 Å². The number of amides is 1. The van der Waals surface area contributed by atoms with Crippen LogP contribution in [0.4, 0.5) is 5.82 Å². The van der Waals surface area contributed by atoms with Gasteiger partial charge in [0.2, 0.25) is 9.84 Å². The van der Waals surface area contributed by atoms with Crippen molar-refractivity contribution in [1.29, 1.82) is 0 Å². The number of nitrogens with one attached hydrogen (secondary N) is 1. The molecule has 1 N–H and O–H groups in total. The van der Waals surface area contributed by atoms with E-state index in [1.165, 1.54) is 0 Å². The zero-order valence-electron chi connectivity index (χ0n) is 22.4. The van der Waals surface area contributed by atoms with Crippen LogP contribution in [0.15, 0.2) is 87.1 Å². The van der Waals surface area contributed by atoms with E-state index in [1.54, 1.807) is 53.1 Å². The molecule has 1 amide bonds. The molecule has 1 aliphatic heterocycles. The molecule has 0 unspecified atom stereocenters. The van der Waals surface area contributed by atoms with E-state index in [0.717, 1.165) is 23.1 Å². The van der Waals surface area contributed by atoms with Crippen LogP contribution in [0.25, 0.3) is 22.2 Å². The Labute approximate surface area is 246 Å². The molecular formula is C30H28BrN5O4S. The lowest BCUT2D eigenvalue weighted by atomic mass is 10.2.